The molecule has 6 heteroatoms. The molecule has 0 radical (unpaired) electrons. The molecule has 0 aromatic rings. The van der Waals surface area contributed by atoms with Crippen LogP contribution in [0.2, 0.25) is 0 Å². The summed E-state index contributed by atoms with van der Waals surface area (Å²) in [6.07, 6.45) is 2.47. The Hall–Kier alpha value is -0.750. The van der Waals surface area contributed by atoms with Gasteiger partial charge in [0.25, 0.3) is 0 Å². The van der Waals surface area contributed by atoms with Crippen molar-refractivity contribution in [3.8, 4) is 0 Å². The molecule has 0 aliphatic heterocycles. The van der Waals surface area contributed by atoms with Crippen molar-refractivity contribution in [2.75, 3.05) is 18.6 Å². The van der Waals surface area contributed by atoms with E-state index in [1.807, 2.05) is 6.26 Å². The smallest absolute Gasteiger partial charge is 0.344 e. The van der Waals surface area contributed by atoms with Gasteiger partial charge in [-0.25, -0.2) is 4.79 Å². The Morgan fingerprint density at radius 2 is 1.94 bits per heavy atom. The average molecular weight is 263 g/mol. The summed E-state index contributed by atoms with van der Waals surface area (Å²) in [5, 5.41) is 0. The second-order valence-electron chi connectivity index (χ2n) is 4.58. The van der Waals surface area contributed by atoms with Crippen molar-refractivity contribution in [2.24, 2.45) is 5.73 Å². The maximum atomic E-state index is 11.4. The zero-order valence-corrected chi connectivity index (χ0v) is 11.6. The molecule has 0 saturated heterocycles. The Kier molecular flexibility index (Phi) is 7.22. The summed E-state index contributed by atoms with van der Waals surface area (Å²) >= 11 is 1.60. The fraction of sp³-hybridized carbons (Fsp3) is 0.818. The molecule has 2 N–H and O–H groups in total. The SMILES string of the molecule is CSCC[C@@H](N)C(=O)OCC(=O)OC(C)(C)C. The number of carbonyl (C=O) groups excluding carboxylic acids is 2. The van der Waals surface area contributed by atoms with Crippen LogP contribution >= 0.6 is 11.8 Å². The summed E-state index contributed by atoms with van der Waals surface area (Å²) in [4.78, 5) is 22.6. The number of ether oxygens (including phenoxy) is 2. The lowest BCUT2D eigenvalue weighted by atomic mass is 10.2. The van der Waals surface area contributed by atoms with E-state index in [0.29, 0.717) is 6.42 Å². The summed E-state index contributed by atoms with van der Waals surface area (Å²) in [6.45, 7) is 4.86. The van der Waals surface area contributed by atoms with Gasteiger partial charge in [0.15, 0.2) is 6.61 Å². The van der Waals surface area contributed by atoms with Crippen molar-refractivity contribution in [3.05, 3.63) is 0 Å². The number of thioether (sulfide) groups is 1. The molecule has 0 aromatic carbocycles. The quantitative estimate of drug-likeness (QED) is 0.719. The molecule has 0 heterocycles. The highest BCUT2D eigenvalue weighted by Gasteiger charge is 2.20. The van der Waals surface area contributed by atoms with Gasteiger partial charge in [-0.3, -0.25) is 4.79 Å². The molecule has 0 aliphatic carbocycles. The second-order valence-corrected chi connectivity index (χ2v) is 5.57. The van der Waals surface area contributed by atoms with Gasteiger partial charge in [-0.1, -0.05) is 0 Å². The third kappa shape index (κ3) is 9.00. The molecule has 0 unspecified atom stereocenters. The summed E-state index contributed by atoms with van der Waals surface area (Å²) in [5.74, 6) is -0.351. The second kappa shape index (κ2) is 7.55. The molecule has 0 fully saturated rings. The monoisotopic (exact) mass is 263 g/mol. The maximum absolute atomic E-state index is 11.4. The van der Waals surface area contributed by atoms with E-state index in [2.05, 4.69) is 0 Å². The minimum Gasteiger partial charge on any atom is -0.457 e. The lowest BCUT2D eigenvalue weighted by Crippen LogP contribution is -2.35. The van der Waals surface area contributed by atoms with Crippen molar-refractivity contribution < 1.29 is 19.1 Å². The zero-order valence-electron chi connectivity index (χ0n) is 10.8. The highest BCUT2D eigenvalue weighted by Crippen LogP contribution is 2.07. The molecular formula is C11H21NO4S. The fourth-order valence-corrected chi connectivity index (χ4v) is 1.46. The average Bonchev–Trinajstić information content (AvgIpc) is 2.20. The van der Waals surface area contributed by atoms with Crippen LogP contribution in [0.3, 0.4) is 0 Å². The van der Waals surface area contributed by atoms with Crippen LogP contribution in [0.25, 0.3) is 0 Å². The Morgan fingerprint density at radius 3 is 2.41 bits per heavy atom. The van der Waals surface area contributed by atoms with Gasteiger partial charge in [0, 0.05) is 0 Å². The summed E-state index contributed by atoms with van der Waals surface area (Å²) < 4.78 is 9.75. The Morgan fingerprint density at radius 1 is 1.35 bits per heavy atom. The number of hydrogen-bond donors (Lipinski definition) is 1. The largest absolute Gasteiger partial charge is 0.457 e. The molecule has 0 aliphatic rings. The highest BCUT2D eigenvalue weighted by molar-refractivity contribution is 7.98. The normalized spacial score (nSPS) is 13.0. The first-order valence-electron chi connectivity index (χ1n) is 5.39. The summed E-state index contributed by atoms with van der Waals surface area (Å²) in [5.41, 5.74) is 5.00. The minimum absolute atomic E-state index is 0.386. The van der Waals surface area contributed by atoms with Gasteiger partial charge in [0.2, 0.25) is 0 Å². The molecule has 0 bridgehead atoms. The third-order valence-electron chi connectivity index (χ3n) is 1.69. The van der Waals surface area contributed by atoms with Crippen LogP contribution < -0.4 is 5.73 Å². The van der Waals surface area contributed by atoms with E-state index in [1.54, 1.807) is 32.5 Å². The van der Waals surface area contributed by atoms with Crippen LogP contribution in [0.15, 0.2) is 0 Å². The number of hydrogen-bond acceptors (Lipinski definition) is 6. The van der Waals surface area contributed by atoms with Crippen LogP contribution in [0.4, 0.5) is 0 Å². The van der Waals surface area contributed by atoms with Gasteiger partial charge in [-0.2, -0.15) is 11.8 Å². The molecule has 0 aromatic heterocycles. The van der Waals surface area contributed by atoms with Crippen LogP contribution in [-0.2, 0) is 19.1 Å². The lowest BCUT2D eigenvalue weighted by Gasteiger charge is -2.19. The Bertz CT molecular complexity index is 263. The Balaban J connectivity index is 3.87. The predicted molar refractivity (Wildman–Crippen MR) is 67.8 cm³/mol. The van der Waals surface area contributed by atoms with Crippen LogP contribution in [0.1, 0.15) is 27.2 Å². The van der Waals surface area contributed by atoms with E-state index in [0.717, 1.165) is 5.75 Å². The molecule has 5 nitrogen and oxygen atoms in total. The van der Waals surface area contributed by atoms with Crippen molar-refractivity contribution in [3.63, 3.8) is 0 Å². The minimum atomic E-state index is -0.676. The summed E-state index contributed by atoms with van der Waals surface area (Å²) in [6, 6.07) is -0.676. The van der Waals surface area contributed by atoms with Crippen molar-refractivity contribution >= 4 is 23.7 Å². The maximum Gasteiger partial charge on any atom is 0.344 e. The standard InChI is InChI=1S/C11H21NO4S/c1-11(2,3)16-9(13)7-15-10(14)8(12)5-6-17-4/h8H,5-7,12H2,1-4H3/t8-/m1/s1. The van der Waals surface area contributed by atoms with Crippen LogP contribution in [-0.4, -0.2) is 42.2 Å². The summed E-state index contributed by atoms with van der Waals surface area (Å²) in [7, 11) is 0. The van der Waals surface area contributed by atoms with Crippen molar-refractivity contribution in [2.45, 2.75) is 38.8 Å². The van der Waals surface area contributed by atoms with Gasteiger partial charge >= 0.3 is 11.9 Å². The zero-order chi connectivity index (χ0) is 13.5. The first kappa shape index (κ1) is 16.2. The molecule has 0 spiro atoms. The van der Waals surface area contributed by atoms with Gasteiger partial charge in [0.05, 0.1) is 0 Å². The molecule has 0 rings (SSSR count). The van der Waals surface area contributed by atoms with Gasteiger partial charge in [-0.15, -0.1) is 0 Å². The number of carbonyl (C=O) groups is 2. The van der Waals surface area contributed by atoms with Crippen molar-refractivity contribution in [1.82, 2.24) is 0 Å². The van der Waals surface area contributed by atoms with Gasteiger partial charge < -0.3 is 15.2 Å². The highest BCUT2D eigenvalue weighted by atomic mass is 32.2. The number of nitrogens with two attached hydrogens (primary N) is 1. The van der Waals surface area contributed by atoms with Crippen LogP contribution in [0, 0.1) is 0 Å². The first-order chi connectivity index (χ1) is 7.76. The topological polar surface area (TPSA) is 78.6 Å². The van der Waals surface area contributed by atoms with Crippen LogP contribution in [0.5, 0.6) is 0 Å². The molecule has 0 amide bonds. The molecule has 17 heavy (non-hydrogen) atoms. The van der Waals surface area contributed by atoms with Gasteiger partial charge in [-0.05, 0) is 39.2 Å². The molecule has 100 valence electrons. The number of rotatable bonds is 6. The Labute approximate surface area is 106 Å². The number of esters is 2. The fourth-order valence-electron chi connectivity index (χ4n) is 0.971. The van der Waals surface area contributed by atoms with E-state index >= 15 is 0 Å². The van der Waals surface area contributed by atoms with Crippen molar-refractivity contribution in [1.29, 1.82) is 0 Å². The van der Waals surface area contributed by atoms with E-state index < -0.39 is 23.6 Å². The molecule has 1 atom stereocenters. The molecular weight excluding hydrogens is 242 g/mol. The van der Waals surface area contributed by atoms with Gasteiger partial charge in [0.1, 0.15) is 11.6 Å². The van der Waals surface area contributed by atoms with E-state index in [1.165, 1.54) is 0 Å². The predicted octanol–water partition coefficient (Wildman–Crippen LogP) is 0.952. The van der Waals surface area contributed by atoms with E-state index in [4.69, 9.17) is 15.2 Å². The first-order valence-corrected chi connectivity index (χ1v) is 6.78. The third-order valence-corrected chi connectivity index (χ3v) is 2.33. The van der Waals surface area contributed by atoms with E-state index in [9.17, 15) is 9.59 Å². The van der Waals surface area contributed by atoms with E-state index in [-0.39, 0.29) is 6.61 Å². The molecule has 0 saturated carbocycles. The lowest BCUT2D eigenvalue weighted by molar-refractivity contribution is -0.167.